The minimum Gasteiger partial charge on any atom is -0.464 e. The summed E-state index contributed by atoms with van der Waals surface area (Å²) in [6.45, 7) is 0.196. The van der Waals surface area contributed by atoms with Crippen molar-refractivity contribution in [3.8, 4) is 0 Å². The minimum atomic E-state index is -0.691. The summed E-state index contributed by atoms with van der Waals surface area (Å²) in [6, 6.07) is 9.37. The van der Waals surface area contributed by atoms with Gasteiger partial charge in [-0.25, -0.2) is 9.78 Å². The Labute approximate surface area is 147 Å². The number of hydrogen-bond acceptors (Lipinski definition) is 7. The monoisotopic (exact) mass is 367 g/mol. The van der Waals surface area contributed by atoms with Crippen LogP contribution in [-0.2, 0) is 25.8 Å². The summed E-state index contributed by atoms with van der Waals surface area (Å²) in [5.41, 5.74) is 1.06. The number of alkyl halides is 1. The average molecular weight is 368 g/mol. The predicted octanol–water partition coefficient (Wildman–Crippen LogP) is 2.41. The molecule has 1 aromatic carbocycles. The first-order chi connectivity index (χ1) is 11.6. The molecule has 0 atom stereocenters. The van der Waals surface area contributed by atoms with E-state index in [-0.39, 0.29) is 23.9 Å². The Morgan fingerprint density at radius 2 is 2.08 bits per heavy atom. The van der Waals surface area contributed by atoms with Crippen molar-refractivity contribution < 1.29 is 19.2 Å². The van der Waals surface area contributed by atoms with Gasteiger partial charge in [0.25, 0.3) is 0 Å². The third-order valence-electron chi connectivity index (χ3n) is 2.72. The van der Waals surface area contributed by atoms with Gasteiger partial charge in [-0.15, -0.1) is 22.9 Å². The Morgan fingerprint density at radius 1 is 1.33 bits per heavy atom. The average Bonchev–Trinajstić information content (AvgIpc) is 3.06. The van der Waals surface area contributed by atoms with E-state index in [2.05, 4.69) is 20.2 Å². The Kier molecular flexibility index (Phi) is 6.71. The molecule has 0 fully saturated rings. The zero-order valence-electron chi connectivity index (χ0n) is 12.7. The Balaban J connectivity index is 2.11. The quantitative estimate of drug-likeness (QED) is 0.351. The SMILES string of the molecule is COC(=O)/C(=N\OCc1ccccc1)c1csc(NC(=O)CCl)n1. The van der Waals surface area contributed by atoms with Crippen LogP contribution in [0.25, 0.3) is 0 Å². The van der Waals surface area contributed by atoms with Gasteiger partial charge in [0.15, 0.2) is 5.13 Å². The molecule has 0 aliphatic rings. The Bertz CT molecular complexity index is 733. The van der Waals surface area contributed by atoms with Crippen LogP contribution in [0.15, 0.2) is 40.9 Å². The molecule has 0 radical (unpaired) electrons. The van der Waals surface area contributed by atoms with Gasteiger partial charge in [-0.3, -0.25) is 4.79 Å². The van der Waals surface area contributed by atoms with Gasteiger partial charge in [0.2, 0.25) is 11.6 Å². The first kappa shape index (κ1) is 17.9. The molecule has 0 aliphatic heterocycles. The molecule has 0 aliphatic carbocycles. The highest BCUT2D eigenvalue weighted by Gasteiger charge is 2.20. The molecule has 0 saturated carbocycles. The van der Waals surface area contributed by atoms with Crippen molar-refractivity contribution in [2.24, 2.45) is 5.16 Å². The van der Waals surface area contributed by atoms with Gasteiger partial charge in [-0.1, -0.05) is 35.5 Å². The molecular weight excluding hydrogens is 354 g/mol. The van der Waals surface area contributed by atoms with E-state index in [1.54, 1.807) is 5.38 Å². The lowest BCUT2D eigenvalue weighted by atomic mass is 10.2. The van der Waals surface area contributed by atoms with E-state index in [0.717, 1.165) is 16.9 Å². The molecule has 126 valence electrons. The summed E-state index contributed by atoms with van der Waals surface area (Å²) >= 11 is 6.55. The molecule has 2 aromatic rings. The van der Waals surface area contributed by atoms with Crippen molar-refractivity contribution in [3.63, 3.8) is 0 Å². The van der Waals surface area contributed by atoms with Crippen LogP contribution >= 0.6 is 22.9 Å². The van der Waals surface area contributed by atoms with Crippen molar-refractivity contribution >= 4 is 45.7 Å². The van der Waals surface area contributed by atoms with Crippen molar-refractivity contribution in [2.45, 2.75) is 6.61 Å². The summed E-state index contributed by atoms with van der Waals surface area (Å²) in [4.78, 5) is 32.4. The van der Waals surface area contributed by atoms with Crippen LogP contribution in [0.4, 0.5) is 5.13 Å². The smallest absolute Gasteiger partial charge is 0.362 e. The van der Waals surface area contributed by atoms with E-state index in [1.807, 2.05) is 30.3 Å². The van der Waals surface area contributed by atoms with Crippen molar-refractivity contribution in [2.75, 3.05) is 18.3 Å². The fourth-order valence-corrected chi connectivity index (χ4v) is 2.40. The number of carbonyl (C=O) groups is 2. The number of nitrogens with one attached hydrogen (secondary N) is 1. The fourth-order valence-electron chi connectivity index (χ4n) is 1.62. The van der Waals surface area contributed by atoms with Gasteiger partial charge < -0.3 is 14.9 Å². The number of anilines is 1. The zero-order valence-corrected chi connectivity index (χ0v) is 14.3. The van der Waals surface area contributed by atoms with Gasteiger partial charge in [-0.2, -0.15) is 0 Å². The minimum absolute atomic E-state index is 0.0870. The van der Waals surface area contributed by atoms with Gasteiger partial charge >= 0.3 is 5.97 Å². The van der Waals surface area contributed by atoms with Crippen LogP contribution in [0.1, 0.15) is 11.3 Å². The van der Waals surface area contributed by atoms with Crippen LogP contribution in [-0.4, -0.2) is 35.6 Å². The van der Waals surface area contributed by atoms with Crippen LogP contribution in [0.2, 0.25) is 0 Å². The topological polar surface area (TPSA) is 89.9 Å². The van der Waals surface area contributed by atoms with Gasteiger partial charge in [0, 0.05) is 5.38 Å². The maximum absolute atomic E-state index is 11.9. The highest BCUT2D eigenvalue weighted by molar-refractivity contribution is 7.14. The molecule has 1 aromatic heterocycles. The number of methoxy groups -OCH3 is 1. The lowest BCUT2D eigenvalue weighted by molar-refractivity contribution is -0.132. The molecule has 9 heteroatoms. The van der Waals surface area contributed by atoms with Crippen LogP contribution < -0.4 is 5.32 Å². The first-order valence-electron chi connectivity index (χ1n) is 6.78. The zero-order chi connectivity index (χ0) is 17.4. The predicted molar refractivity (Wildman–Crippen MR) is 91.2 cm³/mol. The standard InChI is InChI=1S/C15H14ClN3O4S/c1-22-14(21)13(19-23-8-10-5-3-2-4-6-10)11-9-24-15(17-11)18-12(20)7-16/h2-6,9H,7-8H2,1H3,(H,17,18,20)/b19-13-. The Morgan fingerprint density at radius 3 is 2.75 bits per heavy atom. The van der Waals surface area contributed by atoms with E-state index in [4.69, 9.17) is 16.4 Å². The molecule has 24 heavy (non-hydrogen) atoms. The second-order valence-electron chi connectivity index (χ2n) is 4.41. The van der Waals surface area contributed by atoms with E-state index in [1.165, 1.54) is 7.11 Å². The third kappa shape index (κ3) is 5.04. The number of nitrogens with zero attached hydrogens (tertiary/aromatic N) is 2. The molecule has 0 saturated heterocycles. The number of benzene rings is 1. The van der Waals surface area contributed by atoms with Gasteiger partial charge in [-0.05, 0) is 5.56 Å². The van der Waals surface area contributed by atoms with Crippen LogP contribution in [0.3, 0.4) is 0 Å². The highest BCUT2D eigenvalue weighted by atomic mass is 35.5. The molecule has 0 bridgehead atoms. The maximum Gasteiger partial charge on any atom is 0.362 e. The third-order valence-corrected chi connectivity index (χ3v) is 3.72. The second kappa shape index (κ2) is 8.99. The summed E-state index contributed by atoms with van der Waals surface area (Å²) in [5, 5.41) is 8.18. The second-order valence-corrected chi connectivity index (χ2v) is 5.54. The summed E-state index contributed by atoms with van der Waals surface area (Å²) < 4.78 is 4.69. The van der Waals surface area contributed by atoms with E-state index >= 15 is 0 Å². The number of hydrogen-bond donors (Lipinski definition) is 1. The van der Waals surface area contributed by atoms with Crippen LogP contribution in [0.5, 0.6) is 0 Å². The summed E-state index contributed by atoms with van der Waals surface area (Å²) in [5.74, 6) is -1.27. The number of amides is 1. The lowest BCUT2D eigenvalue weighted by Crippen LogP contribution is -2.18. The number of halogens is 1. The maximum atomic E-state index is 11.9. The number of thiazole rings is 1. The van der Waals surface area contributed by atoms with Gasteiger partial charge in [0.05, 0.1) is 7.11 Å². The Hall–Kier alpha value is -2.45. The molecular formula is C15H14ClN3O4S. The number of ether oxygens (including phenoxy) is 1. The molecule has 7 nitrogen and oxygen atoms in total. The van der Waals surface area contributed by atoms with Gasteiger partial charge in [0.1, 0.15) is 18.2 Å². The highest BCUT2D eigenvalue weighted by Crippen LogP contribution is 2.17. The lowest BCUT2D eigenvalue weighted by Gasteiger charge is -2.03. The van der Waals surface area contributed by atoms with E-state index in [0.29, 0.717) is 5.13 Å². The number of aromatic nitrogens is 1. The van der Waals surface area contributed by atoms with E-state index in [9.17, 15) is 9.59 Å². The molecule has 1 heterocycles. The van der Waals surface area contributed by atoms with Crippen molar-refractivity contribution in [1.82, 2.24) is 4.98 Å². The molecule has 1 N–H and O–H groups in total. The first-order valence-corrected chi connectivity index (χ1v) is 8.19. The largest absolute Gasteiger partial charge is 0.464 e. The number of rotatable bonds is 7. The molecule has 0 spiro atoms. The number of oxime groups is 1. The summed E-state index contributed by atoms with van der Waals surface area (Å²) in [6.07, 6.45) is 0. The summed E-state index contributed by atoms with van der Waals surface area (Å²) in [7, 11) is 1.23. The molecule has 1 amide bonds. The van der Waals surface area contributed by atoms with Crippen LogP contribution in [0, 0.1) is 0 Å². The van der Waals surface area contributed by atoms with Crippen molar-refractivity contribution in [3.05, 3.63) is 47.0 Å². The number of carbonyl (C=O) groups excluding carboxylic acids is 2. The van der Waals surface area contributed by atoms with E-state index < -0.39 is 11.9 Å². The molecule has 0 unspecified atom stereocenters. The molecule has 2 rings (SSSR count). The number of esters is 1. The fraction of sp³-hybridized carbons (Fsp3) is 0.200. The van der Waals surface area contributed by atoms with Crippen molar-refractivity contribution in [1.29, 1.82) is 0 Å². The normalized spacial score (nSPS) is 11.0.